The normalized spacial score (nSPS) is 30.2. The van der Waals surface area contributed by atoms with Gasteiger partial charge < -0.3 is 5.73 Å². The van der Waals surface area contributed by atoms with Gasteiger partial charge in [0.2, 0.25) is 0 Å². The van der Waals surface area contributed by atoms with Gasteiger partial charge in [0.1, 0.15) is 0 Å². The van der Waals surface area contributed by atoms with Crippen LogP contribution in [0.25, 0.3) is 0 Å². The first kappa shape index (κ1) is 11.7. The monoisotopic (exact) mass is 217 g/mol. The van der Waals surface area contributed by atoms with E-state index in [4.69, 9.17) is 5.73 Å². The highest BCUT2D eigenvalue weighted by Crippen LogP contribution is 2.32. The lowest BCUT2D eigenvalue weighted by molar-refractivity contribution is 0.227. The summed E-state index contributed by atoms with van der Waals surface area (Å²) >= 11 is 0. The summed E-state index contributed by atoms with van der Waals surface area (Å²) in [7, 11) is 0. The van der Waals surface area contributed by atoms with Gasteiger partial charge in [-0.1, -0.05) is 43.7 Å². The highest BCUT2D eigenvalue weighted by molar-refractivity contribution is 5.15. The molecule has 0 radical (unpaired) electrons. The van der Waals surface area contributed by atoms with Crippen molar-refractivity contribution in [2.75, 3.05) is 0 Å². The summed E-state index contributed by atoms with van der Waals surface area (Å²) in [6, 6.07) is 11.2. The highest BCUT2D eigenvalue weighted by atomic mass is 14.7. The number of nitrogens with two attached hydrogens (primary N) is 1. The Balaban J connectivity index is 1.97. The van der Waals surface area contributed by atoms with Gasteiger partial charge in [0.15, 0.2) is 0 Å². The maximum absolute atomic E-state index is 6.24. The Morgan fingerprint density at radius 1 is 1.19 bits per heavy atom. The van der Waals surface area contributed by atoms with Crippen LogP contribution < -0.4 is 5.73 Å². The summed E-state index contributed by atoms with van der Waals surface area (Å²) in [5.41, 5.74) is 7.69. The topological polar surface area (TPSA) is 26.0 Å². The standard InChI is InChI=1S/C15H23N/c1-2-12-8-9-15(16)14(10-12)11-13-6-4-3-5-7-13/h3-7,12,14-15H,2,8-11,16H2,1H3. The molecule has 0 heterocycles. The molecule has 0 amide bonds. The van der Waals surface area contributed by atoms with Crippen molar-refractivity contribution in [1.82, 2.24) is 0 Å². The molecule has 1 saturated carbocycles. The molecule has 0 bridgehead atoms. The van der Waals surface area contributed by atoms with Crippen molar-refractivity contribution >= 4 is 0 Å². The Morgan fingerprint density at radius 3 is 2.62 bits per heavy atom. The zero-order valence-corrected chi connectivity index (χ0v) is 10.2. The number of hydrogen-bond donors (Lipinski definition) is 1. The SMILES string of the molecule is CCC1CCC(N)C(Cc2ccccc2)C1. The molecule has 1 aliphatic rings. The molecule has 0 aromatic heterocycles. The van der Waals surface area contributed by atoms with Gasteiger partial charge in [-0.3, -0.25) is 0 Å². The van der Waals surface area contributed by atoms with Crippen molar-refractivity contribution in [3.63, 3.8) is 0 Å². The van der Waals surface area contributed by atoms with Crippen LogP contribution in [0.1, 0.15) is 38.2 Å². The average Bonchev–Trinajstić information content (AvgIpc) is 2.33. The van der Waals surface area contributed by atoms with Crippen LogP contribution in [0.2, 0.25) is 0 Å². The quantitative estimate of drug-likeness (QED) is 0.825. The van der Waals surface area contributed by atoms with Crippen LogP contribution in [0, 0.1) is 11.8 Å². The van der Waals surface area contributed by atoms with Crippen LogP contribution in [0.15, 0.2) is 30.3 Å². The fraction of sp³-hybridized carbons (Fsp3) is 0.600. The number of hydrogen-bond acceptors (Lipinski definition) is 1. The summed E-state index contributed by atoms with van der Waals surface area (Å²) in [5, 5.41) is 0. The van der Waals surface area contributed by atoms with Crippen molar-refractivity contribution in [2.45, 2.75) is 45.1 Å². The molecule has 2 N–H and O–H groups in total. The van der Waals surface area contributed by atoms with Gasteiger partial charge in [-0.25, -0.2) is 0 Å². The third-order valence-corrected chi connectivity index (χ3v) is 4.07. The molecule has 1 nitrogen and oxygen atoms in total. The zero-order chi connectivity index (χ0) is 11.4. The predicted octanol–water partition coefficient (Wildman–Crippen LogP) is 3.38. The minimum Gasteiger partial charge on any atom is -0.327 e. The van der Waals surface area contributed by atoms with E-state index in [2.05, 4.69) is 37.3 Å². The average molecular weight is 217 g/mol. The molecule has 1 aromatic carbocycles. The van der Waals surface area contributed by atoms with Gasteiger partial charge in [0.05, 0.1) is 0 Å². The Morgan fingerprint density at radius 2 is 1.94 bits per heavy atom. The Bertz CT molecular complexity index is 306. The van der Waals surface area contributed by atoms with E-state index < -0.39 is 0 Å². The fourth-order valence-electron chi connectivity index (χ4n) is 2.91. The molecule has 0 saturated heterocycles. The second-order valence-electron chi connectivity index (χ2n) is 5.20. The molecule has 3 unspecified atom stereocenters. The molecule has 1 aromatic rings. The summed E-state index contributed by atoms with van der Waals surface area (Å²) in [4.78, 5) is 0. The van der Waals surface area contributed by atoms with Crippen molar-refractivity contribution in [3.05, 3.63) is 35.9 Å². The molecule has 88 valence electrons. The maximum Gasteiger partial charge on any atom is 0.00705 e. The van der Waals surface area contributed by atoms with E-state index in [1.165, 1.54) is 37.7 Å². The third kappa shape index (κ3) is 2.85. The fourth-order valence-corrected chi connectivity index (χ4v) is 2.91. The zero-order valence-electron chi connectivity index (χ0n) is 10.2. The molecule has 0 aliphatic heterocycles. The second kappa shape index (κ2) is 5.49. The van der Waals surface area contributed by atoms with E-state index in [1.54, 1.807) is 0 Å². The molecule has 0 spiro atoms. The first-order chi connectivity index (χ1) is 7.79. The van der Waals surface area contributed by atoms with Gasteiger partial charge >= 0.3 is 0 Å². The minimum absolute atomic E-state index is 0.419. The molecular weight excluding hydrogens is 194 g/mol. The molecule has 2 rings (SSSR count). The summed E-state index contributed by atoms with van der Waals surface area (Å²) in [5.74, 6) is 1.61. The molecule has 16 heavy (non-hydrogen) atoms. The third-order valence-electron chi connectivity index (χ3n) is 4.07. The maximum atomic E-state index is 6.24. The van der Waals surface area contributed by atoms with Crippen molar-refractivity contribution in [1.29, 1.82) is 0 Å². The highest BCUT2D eigenvalue weighted by Gasteiger charge is 2.27. The summed E-state index contributed by atoms with van der Waals surface area (Å²) < 4.78 is 0. The molecular formula is C15H23N. The first-order valence-electron chi connectivity index (χ1n) is 6.59. The van der Waals surface area contributed by atoms with Crippen LogP contribution in [0.3, 0.4) is 0 Å². The summed E-state index contributed by atoms with van der Waals surface area (Å²) in [6.07, 6.45) is 6.36. The molecule has 1 aliphatic carbocycles. The lowest BCUT2D eigenvalue weighted by atomic mass is 9.75. The molecule has 1 fully saturated rings. The summed E-state index contributed by atoms with van der Waals surface area (Å²) in [6.45, 7) is 2.31. The molecule has 1 heteroatoms. The van der Waals surface area contributed by atoms with Gasteiger partial charge in [0, 0.05) is 6.04 Å². The van der Waals surface area contributed by atoms with Crippen LogP contribution in [0.5, 0.6) is 0 Å². The van der Waals surface area contributed by atoms with Crippen molar-refractivity contribution in [2.24, 2.45) is 17.6 Å². The van der Waals surface area contributed by atoms with E-state index in [-0.39, 0.29) is 0 Å². The van der Waals surface area contributed by atoms with E-state index in [0.717, 1.165) is 5.92 Å². The predicted molar refractivity (Wildman–Crippen MR) is 69.2 cm³/mol. The lowest BCUT2D eigenvalue weighted by Gasteiger charge is -2.33. The van der Waals surface area contributed by atoms with Gasteiger partial charge in [-0.05, 0) is 43.1 Å². The first-order valence-corrected chi connectivity index (χ1v) is 6.59. The van der Waals surface area contributed by atoms with E-state index in [1.807, 2.05) is 0 Å². The number of benzene rings is 1. The Kier molecular flexibility index (Phi) is 4.00. The number of rotatable bonds is 3. The van der Waals surface area contributed by atoms with Gasteiger partial charge in [0.25, 0.3) is 0 Å². The van der Waals surface area contributed by atoms with Crippen LogP contribution in [0.4, 0.5) is 0 Å². The second-order valence-corrected chi connectivity index (χ2v) is 5.20. The smallest absolute Gasteiger partial charge is 0.00705 e. The lowest BCUT2D eigenvalue weighted by Crippen LogP contribution is -2.37. The van der Waals surface area contributed by atoms with E-state index in [9.17, 15) is 0 Å². The van der Waals surface area contributed by atoms with Crippen LogP contribution in [-0.4, -0.2) is 6.04 Å². The van der Waals surface area contributed by atoms with E-state index >= 15 is 0 Å². The Labute approximate surface area is 99.0 Å². The molecule has 3 atom stereocenters. The minimum atomic E-state index is 0.419. The van der Waals surface area contributed by atoms with Crippen LogP contribution in [-0.2, 0) is 6.42 Å². The van der Waals surface area contributed by atoms with Crippen molar-refractivity contribution in [3.8, 4) is 0 Å². The van der Waals surface area contributed by atoms with Gasteiger partial charge in [-0.2, -0.15) is 0 Å². The Hall–Kier alpha value is -0.820. The van der Waals surface area contributed by atoms with Gasteiger partial charge in [-0.15, -0.1) is 0 Å². The van der Waals surface area contributed by atoms with Crippen molar-refractivity contribution < 1.29 is 0 Å². The van der Waals surface area contributed by atoms with E-state index in [0.29, 0.717) is 12.0 Å². The largest absolute Gasteiger partial charge is 0.327 e. The van der Waals surface area contributed by atoms with Crippen LogP contribution >= 0.6 is 0 Å².